The number of amides is 3. The second-order valence-corrected chi connectivity index (χ2v) is 3.93. The Kier molecular flexibility index (Phi) is 3.27. The van der Waals surface area contributed by atoms with Crippen LogP contribution in [-0.4, -0.2) is 32.1 Å². The van der Waals surface area contributed by atoms with Gasteiger partial charge in [0.2, 0.25) is 5.91 Å². The van der Waals surface area contributed by atoms with Crippen molar-refractivity contribution in [3.63, 3.8) is 0 Å². The van der Waals surface area contributed by atoms with E-state index in [9.17, 15) is 9.59 Å². The number of hydrogen-bond donors (Lipinski definition) is 2. The number of carbonyl (C=O) groups excluding carboxylic acids is 2. The zero-order valence-electron chi connectivity index (χ0n) is 9.69. The number of carbonyl (C=O) groups is 2. The quantitative estimate of drug-likeness (QED) is 0.782. The molecule has 2 rings (SSSR count). The molecule has 0 aliphatic carbocycles. The molecule has 2 N–H and O–H groups in total. The van der Waals surface area contributed by atoms with Crippen molar-refractivity contribution in [2.24, 2.45) is 0 Å². The number of para-hydroxylation sites is 1. The Balaban J connectivity index is 1.98. The van der Waals surface area contributed by atoms with E-state index < -0.39 is 6.03 Å². The van der Waals surface area contributed by atoms with Gasteiger partial charge in [-0.3, -0.25) is 10.1 Å². The number of hydrogen-bond acceptors (Lipinski definition) is 3. The van der Waals surface area contributed by atoms with Gasteiger partial charge < -0.3 is 10.2 Å². The average molecular weight is 233 g/mol. The van der Waals surface area contributed by atoms with E-state index in [1.54, 1.807) is 0 Å². The van der Waals surface area contributed by atoms with Crippen molar-refractivity contribution in [3.05, 3.63) is 29.8 Å². The summed E-state index contributed by atoms with van der Waals surface area (Å²) in [5.41, 5.74) is 2.33. The van der Waals surface area contributed by atoms with E-state index in [1.165, 1.54) is 12.6 Å². The van der Waals surface area contributed by atoms with Crippen LogP contribution in [0.4, 0.5) is 10.5 Å². The van der Waals surface area contributed by atoms with Gasteiger partial charge in [-0.25, -0.2) is 4.79 Å². The first-order valence-electron chi connectivity index (χ1n) is 5.55. The number of imide groups is 1. The Hall–Kier alpha value is -2.04. The standard InChI is InChI=1S/C12H15N3O2/c1-13-12(17)14-11(16)8-15-7-6-9-4-2-3-5-10(9)15/h2-5H,6-8H2,1H3,(H2,13,14,16,17). The van der Waals surface area contributed by atoms with Crippen LogP contribution in [0.5, 0.6) is 0 Å². The maximum atomic E-state index is 11.6. The smallest absolute Gasteiger partial charge is 0.321 e. The average Bonchev–Trinajstić information content (AvgIpc) is 2.72. The van der Waals surface area contributed by atoms with Crippen molar-refractivity contribution in [2.75, 3.05) is 25.0 Å². The van der Waals surface area contributed by atoms with E-state index in [2.05, 4.69) is 16.7 Å². The number of fused-ring (bicyclic) bond motifs is 1. The maximum absolute atomic E-state index is 11.6. The fraction of sp³-hybridized carbons (Fsp3) is 0.333. The third kappa shape index (κ3) is 2.55. The van der Waals surface area contributed by atoms with Crippen LogP contribution in [0.25, 0.3) is 0 Å². The van der Waals surface area contributed by atoms with Crippen LogP contribution >= 0.6 is 0 Å². The Morgan fingerprint density at radius 3 is 2.88 bits per heavy atom. The predicted octanol–water partition coefficient (Wildman–Crippen LogP) is 0.505. The van der Waals surface area contributed by atoms with Gasteiger partial charge >= 0.3 is 6.03 Å². The molecule has 0 aromatic heterocycles. The Bertz CT molecular complexity index is 445. The normalized spacial score (nSPS) is 13.1. The van der Waals surface area contributed by atoms with Crippen LogP contribution in [0.15, 0.2) is 24.3 Å². The van der Waals surface area contributed by atoms with Gasteiger partial charge in [0.1, 0.15) is 0 Å². The highest BCUT2D eigenvalue weighted by Crippen LogP contribution is 2.26. The van der Waals surface area contributed by atoms with Gasteiger partial charge in [-0.15, -0.1) is 0 Å². The van der Waals surface area contributed by atoms with Gasteiger partial charge in [0.05, 0.1) is 6.54 Å². The largest absolute Gasteiger partial charge is 0.362 e. The number of nitrogens with zero attached hydrogens (tertiary/aromatic N) is 1. The molecule has 0 saturated heterocycles. The molecule has 17 heavy (non-hydrogen) atoms. The molecule has 0 fully saturated rings. The Labute approximate surface area is 99.8 Å². The van der Waals surface area contributed by atoms with Crippen molar-refractivity contribution in [2.45, 2.75) is 6.42 Å². The molecule has 0 bridgehead atoms. The monoisotopic (exact) mass is 233 g/mol. The summed E-state index contributed by atoms with van der Waals surface area (Å²) in [6.45, 7) is 1.03. The second kappa shape index (κ2) is 4.86. The van der Waals surface area contributed by atoms with Gasteiger partial charge in [-0.2, -0.15) is 0 Å². The molecule has 1 aliphatic rings. The van der Waals surface area contributed by atoms with Crippen molar-refractivity contribution in [1.29, 1.82) is 0 Å². The summed E-state index contributed by atoms with van der Waals surface area (Å²) in [4.78, 5) is 24.5. The highest BCUT2D eigenvalue weighted by Gasteiger charge is 2.20. The van der Waals surface area contributed by atoms with Crippen molar-refractivity contribution < 1.29 is 9.59 Å². The van der Waals surface area contributed by atoms with Crippen LogP contribution in [0.1, 0.15) is 5.56 Å². The molecule has 0 unspecified atom stereocenters. The Morgan fingerprint density at radius 1 is 1.35 bits per heavy atom. The van der Waals surface area contributed by atoms with Gasteiger partial charge in [-0.1, -0.05) is 18.2 Å². The molecule has 0 spiro atoms. The number of nitrogens with one attached hydrogen (secondary N) is 2. The summed E-state index contributed by atoms with van der Waals surface area (Å²) in [5.74, 6) is -0.291. The number of benzene rings is 1. The number of rotatable bonds is 2. The number of anilines is 1. The maximum Gasteiger partial charge on any atom is 0.321 e. The van der Waals surface area contributed by atoms with E-state index in [-0.39, 0.29) is 12.5 Å². The summed E-state index contributed by atoms with van der Waals surface area (Å²) >= 11 is 0. The van der Waals surface area contributed by atoms with Gasteiger partial charge in [0, 0.05) is 19.3 Å². The lowest BCUT2D eigenvalue weighted by molar-refractivity contribution is -0.118. The minimum absolute atomic E-state index is 0.213. The molecule has 1 aromatic carbocycles. The molecule has 3 amide bonds. The van der Waals surface area contributed by atoms with Crippen LogP contribution in [0.2, 0.25) is 0 Å². The lowest BCUT2D eigenvalue weighted by atomic mass is 10.2. The molecule has 90 valence electrons. The molecule has 5 nitrogen and oxygen atoms in total. The minimum atomic E-state index is -0.470. The Morgan fingerprint density at radius 2 is 2.12 bits per heavy atom. The molecule has 0 saturated carbocycles. The molecule has 1 aromatic rings. The van der Waals surface area contributed by atoms with E-state index in [4.69, 9.17) is 0 Å². The minimum Gasteiger partial charge on any atom is -0.362 e. The van der Waals surface area contributed by atoms with Gasteiger partial charge in [0.25, 0.3) is 0 Å². The zero-order valence-corrected chi connectivity index (χ0v) is 9.69. The zero-order chi connectivity index (χ0) is 12.3. The molecule has 1 heterocycles. The topological polar surface area (TPSA) is 61.4 Å². The van der Waals surface area contributed by atoms with Crippen molar-refractivity contribution in [1.82, 2.24) is 10.6 Å². The summed E-state index contributed by atoms with van der Waals surface area (Å²) in [7, 11) is 1.48. The first kappa shape index (κ1) is 11.4. The SMILES string of the molecule is CNC(=O)NC(=O)CN1CCc2ccccc21. The molecule has 0 radical (unpaired) electrons. The van der Waals surface area contributed by atoms with Crippen LogP contribution in [0, 0.1) is 0 Å². The first-order chi connectivity index (χ1) is 8.20. The van der Waals surface area contributed by atoms with Crippen LogP contribution < -0.4 is 15.5 Å². The highest BCUT2D eigenvalue weighted by molar-refractivity contribution is 5.96. The first-order valence-corrected chi connectivity index (χ1v) is 5.55. The lowest BCUT2D eigenvalue weighted by Crippen LogP contribution is -2.43. The van der Waals surface area contributed by atoms with Gasteiger partial charge in [-0.05, 0) is 18.1 Å². The summed E-state index contributed by atoms with van der Waals surface area (Å²) in [6.07, 6.45) is 0.948. The molecule has 5 heteroatoms. The number of urea groups is 1. The third-order valence-corrected chi connectivity index (χ3v) is 2.80. The van der Waals surface area contributed by atoms with E-state index in [0.717, 1.165) is 18.7 Å². The van der Waals surface area contributed by atoms with Gasteiger partial charge in [0.15, 0.2) is 0 Å². The lowest BCUT2D eigenvalue weighted by Gasteiger charge is -2.18. The summed E-state index contributed by atoms with van der Waals surface area (Å²) in [5, 5.41) is 4.61. The van der Waals surface area contributed by atoms with E-state index in [0.29, 0.717) is 0 Å². The van der Waals surface area contributed by atoms with Crippen LogP contribution in [-0.2, 0) is 11.2 Å². The van der Waals surface area contributed by atoms with E-state index in [1.807, 2.05) is 23.1 Å². The molecular formula is C12H15N3O2. The molecular weight excluding hydrogens is 218 g/mol. The predicted molar refractivity (Wildman–Crippen MR) is 65.0 cm³/mol. The third-order valence-electron chi connectivity index (χ3n) is 2.80. The fourth-order valence-corrected chi connectivity index (χ4v) is 1.97. The molecule has 1 aliphatic heterocycles. The fourth-order valence-electron chi connectivity index (χ4n) is 1.97. The van der Waals surface area contributed by atoms with Crippen LogP contribution in [0.3, 0.4) is 0 Å². The second-order valence-electron chi connectivity index (χ2n) is 3.93. The summed E-state index contributed by atoms with van der Waals surface area (Å²) < 4.78 is 0. The molecule has 0 atom stereocenters. The summed E-state index contributed by atoms with van der Waals surface area (Å²) in [6, 6.07) is 7.53. The highest BCUT2D eigenvalue weighted by atomic mass is 16.2. The van der Waals surface area contributed by atoms with Crippen molar-refractivity contribution in [3.8, 4) is 0 Å². The van der Waals surface area contributed by atoms with E-state index >= 15 is 0 Å². The van der Waals surface area contributed by atoms with Crippen molar-refractivity contribution >= 4 is 17.6 Å².